The summed E-state index contributed by atoms with van der Waals surface area (Å²) >= 11 is 0. The summed E-state index contributed by atoms with van der Waals surface area (Å²) in [6.45, 7) is 0. The van der Waals surface area contributed by atoms with Crippen LogP contribution >= 0.6 is 0 Å². The third-order valence-corrected chi connectivity index (χ3v) is 0.703. The zero-order valence-electron chi connectivity index (χ0n) is 9.76. The normalized spacial score (nSPS) is 15.8. The second-order valence-electron chi connectivity index (χ2n) is 1.37. The number of hydrogen-bond donors (Lipinski definition) is 1. The molecule has 0 heterocycles. The highest BCUT2D eigenvalue weighted by Gasteiger charge is 1.93. The van der Waals surface area contributed by atoms with Crippen LogP contribution in [0.3, 0.4) is 0 Å². The lowest BCUT2D eigenvalue weighted by atomic mass is 10.3. The molecule has 4 heteroatoms. The Kier molecular flexibility index (Phi) is 0.725. The fourth-order valence-corrected chi connectivity index (χ4v) is 0.397. The van der Waals surface area contributed by atoms with E-state index in [0.717, 1.165) is 0 Å². The summed E-state index contributed by atoms with van der Waals surface area (Å²) in [4.78, 5) is 10.1. The highest BCUT2D eigenvalue weighted by Crippen LogP contribution is 2.03. The molecule has 0 unspecified atom stereocenters. The van der Waals surface area contributed by atoms with Gasteiger partial charge in [0.2, 0.25) is 0 Å². The predicted molar refractivity (Wildman–Crippen MR) is 37.1 cm³/mol. The van der Waals surface area contributed by atoms with Gasteiger partial charge in [0, 0.05) is 0 Å². The molecule has 0 aliphatic rings. The van der Waals surface area contributed by atoms with Crippen molar-refractivity contribution in [2.45, 2.75) is 0 Å². The molecular weight excluding hydrogens is 132 g/mol. The van der Waals surface area contributed by atoms with Gasteiger partial charge < -0.3 is 0 Å². The Morgan fingerprint density at radius 2 is 2.10 bits per heavy atom. The van der Waals surface area contributed by atoms with E-state index < -0.39 is 40.9 Å². The van der Waals surface area contributed by atoms with Gasteiger partial charge in [-0.1, -0.05) is 18.1 Å². The number of para-hydroxylation sites is 1. The largest absolute Gasteiger partial charge is 0.235 e. The van der Waals surface area contributed by atoms with Crippen molar-refractivity contribution in [2.75, 3.05) is 5.43 Å². The molecule has 0 atom stereocenters. The van der Waals surface area contributed by atoms with Crippen molar-refractivity contribution in [1.29, 1.82) is 0 Å². The Labute approximate surface area is 64.6 Å². The van der Waals surface area contributed by atoms with Gasteiger partial charge in [-0.05, 0) is 12.1 Å². The fraction of sp³-hybridized carbons (Fsp3) is 0. The maximum atomic E-state index is 10.1. The third kappa shape index (κ3) is 1.74. The first kappa shape index (κ1) is 2.57. The van der Waals surface area contributed by atoms with Crippen LogP contribution in [0.15, 0.2) is 30.2 Å². The zero-order chi connectivity index (χ0) is 11.7. The summed E-state index contributed by atoms with van der Waals surface area (Å²) < 4.78 is 36.2. The maximum Gasteiger partial charge on any atom is 0.162 e. The van der Waals surface area contributed by atoms with Crippen LogP contribution in [0.2, 0.25) is 0 Å². The molecule has 1 aromatic rings. The molecule has 0 saturated heterocycles. The molecule has 0 saturated carbocycles. The summed E-state index contributed by atoms with van der Waals surface area (Å²) in [5, 5.41) is 9.16. The van der Waals surface area contributed by atoms with Crippen LogP contribution in [0, 0.1) is 10.1 Å². The van der Waals surface area contributed by atoms with Crippen molar-refractivity contribution in [3.63, 3.8) is 0 Å². The lowest BCUT2D eigenvalue weighted by Crippen LogP contribution is -2.06. The van der Waals surface area contributed by atoms with Gasteiger partial charge in [-0.15, -0.1) is 5.43 Å². The summed E-state index contributed by atoms with van der Waals surface area (Å²) in [6, 6.07) is -3.06. The van der Waals surface area contributed by atoms with Crippen LogP contribution in [-0.4, -0.2) is 5.03 Å². The van der Waals surface area contributed by atoms with Gasteiger partial charge in [0.05, 0.1) is 6.85 Å². The minimum absolute atomic E-state index is 0.536. The second kappa shape index (κ2) is 2.82. The minimum atomic E-state index is -0.978. The van der Waals surface area contributed by atoms with Crippen molar-refractivity contribution >= 4 is 5.69 Å². The molecule has 52 valence electrons. The van der Waals surface area contributed by atoms with Crippen molar-refractivity contribution in [1.82, 2.24) is 0 Å². The van der Waals surface area contributed by atoms with E-state index in [2.05, 4.69) is 0 Å². The van der Waals surface area contributed by atoms with Crippen LogP contribution in [0.25, 0.3) is 0 Å². The lowest BCUT2D eigenvalue weighted by molar-refractivity contribution is -0.445. The van der Waals surface area contributed by atoms with Crippen LogP contribution in [-0.2, 0) is 0 Å². The van der Waals surface area contributed by atoms with Gasteiger partial charge in [-0.3, -0.25) is 0 Å². The lowest BCUT2D eigenvalue weighted by Gasteiger charge is -1.93. The SMILES string of the molecule is [2H]c1c([2H])c([2H])c(N[N+](=O)[O-])c([2H])c1[2H]. The summed E-state index contributed by atoms with van der Waals surface area (Å²) in [5.74, 6) is 0. The molecule has 1 N–H and O–H groups in total. The number of benzene rings is 1. The Morgan fingerprint density at radius 3 is 2.60 bits per heavy atom. The number of rotatable bonds is 2. The van der Waals surface area contributed by atoms with Crippen molar-refractivity contribution in [3.05, 3.63) is 40.3 Å². The Bertz CT molecular complexity index is 407. The molecule has 0 radical (unpaired) electrons. The van der Waals surface area contributed by atoms with E-state index in [9.17, 15) is 10.1 Å². The molecular formula is C6H6N2O2. The van der Waals surface area contributed by atoms with Gasteiger partial charge in [-0.2, -0.15) is 0 Å². The molecule has 0 fully saturated rings. The van der Waals surface area contributed by atoms with E-state index in [0.29, 0.717) is 0 Å². The minimum Gasteiger partial charge on any atom is -0.235 e. The molecule has 10 heavy (non-hydrogen) atoms. The third-order valence-electron chi connectivity index (χ3n) is 0.703. The van der Waals surface area contributed by atoms with E-state index in [4.69, 9.17) is 6.85 Å². The standard InChI is InChI=1S/C6H6N2O2/c9-8(10)7-6-4-2-1-3-5-6/h1-5,7H/i1D,2D,3D,4D,5D. The van der Waals surface area contributed by atoms with E-state index in [-0.39, 0.29) is 0 Å². The van der Waals surface area contributed by atoms with Crippen LogP contribution in [0.5, 0.6) is 0 Å². The van der Waals surface area contributed by atoms with Gasteiger partial charge >= 0.3 is 0 Å². The van der Waals surface area contributed by atoms with Crippen molar-refractivity contribution in [3.8, 4) is 0 Å². The number of anilines is 1. The molecule has 1 rings (SSSR count). The van der Waals surface area contributed by atoms with Gasteiger partial charge in [0.25, 0.3) is 0 Å². The molecule has 0 aromatic heterocycles. The summed E-state index contributed by atoms with van der Waals surface area (Å²) in [5.41, 5.74) is 1.04. The van der Waals surface area contributed by atoms with Crippen molar-refractivity contribution in [2.24, 2.45) is 0 Å². The Morgan fingerprint density at radius 1 is 1.50 bits per heavy atom. The monoisotopic (exact) mass is 143 g/mol. The predicted octanol–water partition coefficient (Wildman–Crippen LogP) is 1.29. The van der Waals surface area contributed by atoms with E-state index in [1.54, 1.807) is 5.43 Å². The van der Waals surface area contributed by atoms with Gasteiger partial charge in [0.15, 0.2) is 5.03 Å². The van der Waals surface area contributed by atoms with Crippen LogP contribution < -0.4 is 5.43 Å². The maximum absolute atomic E-state index is 10.1. The van der Waals surface area contributed by atoms with Crippen LogP contribution in [0.4, 0.5) is 5.69 Å². The molecule has 4 nitrogen and oxygen atoms in total. The molecule has 1 aromatic carbocycles. The van der Waals surface area contributed by atoms with E-state index in [1.165, 1.54) is 0 Å². The van der Waals surface area contributed by atoms with Gasteiger partial charge in [-0.25, -0.2) is 10.1 Å². The summed E-state index contributed by atoms with van der Waals surface area (Å²) in [7, 11) is 0. The first-order valence-electron chi connectivity index (χ1n) is 4.84. The topological polar surface area (TPSA) is 55.2 Å². The number of nitrogens with one attached hydrogen (secondary N) is 1. The number of nitrogens with zero attached hydrogens (tertiary/aromatic N) is 1. The second-order valence-corrected chi connectivity index (χ2v) is 1.37. The Hall–Kier alpha value is -1.58. The zero-order valence-corrected chi connectivity index (χ0v) is 4.76. The average Bonchev–Trinajstić information content (AvgIpc) is 2.18. The molecule has 0 aliphatic heterocycles. The molecule has 0 spiro atoms. The van der Waals surface area contributed by atoms with Crippen molar-refractivity contribution < 1.29 is 11.9 Å². The molecule has 0 bridgehead atoms. The summed E-state index contributed by atoms with van der Waals surface area (Å²) in [6.07, 6.45) is 0. The quantitative estimate of drug-likeness (QED) is 0.501. The molecule has 0 aliphatic carbocycles. The van der Waals surface area contributed by atoms with Gasteiger partial charge in [0.1, 0.15) is 5.69 Å². The average molecular weight is 143 g/mol. The van der Waals surface area contributed by atoms with E-state index >= 15 is 0 Å². The first-order chi connectivity index (χ1) is 6.86. The number of nitro groups is 1. The number of hydrogen-bond acceptors (Lipinski definition) is 2. The highest BCUT2D eigenvalue weighted by molar-refractivity contribution is 5.39. The van der Waals surface area contributed by atoms with Crippen LogP contribution in [0.1, 0.15) is 6.85 Å². The Balaban J connectivity index is 3.45. The molecule has 0 amide bonds. The highest BCUT2D eigenvalue weighted by atomic mass is 16.7. The smallest absolute Gasteiger partial charge is 0.162 e. The first-order valence-corrected chi connectivity index (χ1v) is 2.34. The fourth-order valence-electron chi connectivity index (χ4n) is 0.397. The number of hydrazine groups is 1. The van der Waals surface area contributed by atoms with E-state index in [1.807, 2.05) is 0 Å².